The first-order chi connectivity index (χ1) is 9.86. The Labute approximate surface area is 119 Å². The molecule has 8 heteroatoms. The molecule has 0 radical (unpaired) electrons. The lowest BCUT2D eigenvalue weighted by atomic mass is 10.1. The van der Waals surface area contributed by atoms with Crippen molar-refractivity contribution in [3.8, 4) is 0 Å². The molecule has 2 rings (SSSR count). The molecule has 1 heterocycles. The molecule has 21 heavy (non-hydrogen) atoms. The van der Waals surface area contributed by atoms with E-state index in [2.05, 4.69) is 25.8 Å². The van der Waals surface area contributed by atoms with Crippen LogP contribution in [0.25, 0.3) is 0 Å². The molecule has 0 saturated carbocycles. The van der Waals surface area contributed by atoms with E-state index < -0.39 is 11.7 Å². The highest BCUT2D eigenvalue weighted by Crippen LogP contribution is 2.35. The predicted octanol–water partition coefficient (Wildman–Crippen LogP) is 3.45. The van der Waals surface area contributed by atoms with Gasteiger partial charge in [-0.25, -0.2) is 0 Å². The van der Waals surface area contributed by atoms with Gasteiger partial charge in [0.15, 0.2) is 5.82 Å². The molecule has 0 spiro atoms. The van der Waals surface area contributed by atoms with Crippen LogP contribution in [-0.2, 0) is 6.18 Å². The topological polar surface area (TPSA) is 62.7 Å². The van der Waals surface area contributed by atoms with Crippen LogP contribution in [0.15, 0.2) is 30.5 Å². The summed E-state index contributed by atoms with van der Waals surface area (Å²) in [5, 5.41) is 13.0. The second kappa shape index (κ2) is 5.94. The highest BCUT2D eigenvalue weighted by Gasteiger charge is 2.33. The summed E-state index contributed by atoms with van der Waals surface area (Å²) in [4.78, 5) is 4.07. The van der Waals surface area contributed by atoms with Gasteiger partial charge in [0.25, 0.3) is 0 Å². The minimum absolute atomic E-state index is 0.0824. The molecule has 0 atom stereocenters. The first kappa shape index (κ1) is 15.0. The number of alkyl halides is 3. The van der Waals surface area contributed by atoms with Gasteiger partial charge in [-0.05, 0) is 26.0 Å². The fourth-order valence-corrected chi connectivity index (χ4v) is 1.66. The maximum absolute atomic E-state index is 12.9. The molecule has 0 aliphatic carbocycles. The number of anilines is 3. The van der Waals surface area contributed by atoms with Gasteiger partial charge < -0.3 is 10.6 Å². The van der Waals surface area contributed by atoms with Crippen LogP contribution in [-0.4, -0.2) is 21.2 Å². The average molecular weight is 297 g/mol. The Bertz CT molecular complexity index is 613. The second-order valence-electron chi connectivity index (χ2n) is 4.63. The van der Waals surface area contributed by atoms with Gasteiger partial charge in [-0.2, -0.15) is 23.3 Å². The molecular weight excluding hydrogens is 283 g/mol. The van der Waals surface area contributed by atoms with Gasteiger partial charge >= 0.3 is 6.18 Å². The lowest BCUT2D eigenvalue weighted by molar-refractivity contribution is -0.136. The third kappa shape index (κ3) is 4.04. The fraction of sp³-hybridized carbons (Fsp3) is 0.308. The highest BCUT2D eigenvalue weighted by molar-refractivity contribution is 5.61. The van der Waals surface area contributed by atoms with Gasteiger partial charge in [0.05, 0.1) is 17.4 Å². The van der Waals surface area contributed by atoms with Crippen molar-refractivity contribution in [3.63, 3.8) is 0 Å². The molecule has 0 aliphatic rings. The lowest BCUT2D eigenvalue weighted by Crippen LogP contribution is -2.14. The highest BCUT2D eigenvalue weighted by atomic mass is 19.4. The average Bonchev–Trinajstić information content (AvgIpc) is 2.37. The van der Waals surface area contributed by atoms with Crippen LogP contribution in [0, 0.1) is 0 Å². The normalized spacial score (nSPS) is 11.5. The van der Waals surface area contributed by atoms with Crippen LogP contribution >= 0.6 is 0 Å². The van der Waals surface area contributed by atoms with Crippen molar-refractivity contribution < 1.29 is 13.2 Å². The molecule has 2 aromatic rings. The summed E-state index contributed by atoms with van der Waals surface area (Å²) in [6.45, 7) is 3.78. The van der Waals surface area contributed by atoms with Crippen molar-refractivity contribution in [3.05, 3.63) is 36.0 Å². The van der Waals surface area contributed by atoms with Crippen molar-refractivity contribution in [1.29, 1.82) is 0 Å². The summed E-state index contributed by atoms with van der Waals surface area (Å²) in [6.07, 6.45) is -3.18. The van der Waals surface area contributed by atoms with Crippen LogP contribution in [0.1, 0.15) is 19.4 Å². The van der Waals surface area contributed by atoms with E-state index in [9.17, 15) is 13.2 Å². The van der Waals surface area contributed by atoms with Crippen LogP contribution in [0.5, 0.6) is 0 Å². The number of halogens is 3. The molecule has 0 aliphatic heterocycles. The van der Waals surface area contributed by atoms with E-state index in [1.165, 1.54) is 24.4 Å². The molecule has 0 fully saturated rings. The predicted molar refractivity (Wildman–Crippen MR) is 73.3 cm³/mol. The number of benzene rings is 1. The Balaban J connectivity index is 2.27. The van der Waals surface area contributed by atoms with Crippen LogP contribution in [0.4, 0.5) is 30.6 Å². The van der Waals surface area contributed by atoms with Crippen molar-refractivity contribution in [1.82, 2.24) is 15.2 Å². The quantitative estimate of drug-likeness (QED) is 0.905. The molecule has 5 nitrogen and oxygen atoms in total. The minimum atomic E-state index is -4.44. The summed E-state index contributed by atoms with van der Waals surface area (Å²) in [6, 6.07) is 5.27. The standard InChI is InChI=1S/C13H14F3N5/c1-8(2)18-12-20-11(7-17-21-12)19-10-6-4-3-5-9(10)13(14,15)16/h3-8H,1-2H3,(H2,18,19,20,21). The molecular formula is C13H14F3N5. The second-order valence-corrected chi connectivity index (χ2v) is 4.63. The maximum atomic E-state index is 12.9. The number of aromatic nitrogens is 3. The molecule has 0 unspecified atom stereocenters. The molecule has 0 saturated heterocycles. The molecule has 2 N–H and O–H groups in total. The Hall–Kier alpha value is -2.38. The Morgan fingerprint density at radius 2 is 1.86 bits per heavy atom. The van der Waals surface area contributed by atoms with Crippen LogP contribution in [0.2, 0.25) is 0 Å². The molecule has 1 aromatic heterocycles. The Morgan fingerprint density at radius 1 is 1.14 bits per heavy atom. The zero-order chi connectivity index (χ0) is 15.5. The molecule has 1 aromatic carbocycles. The summed E-state index contributed by atoms with van der Waals surface area (Å²) >= 11 is 0. The molecule has 0 bridgehead atoms. The fourth-order valence-electron chi connectivity index (χ4n) is 1.66. The number of nitrogens with zero attached hydrogens (tertiary/aromatic N) is 3. The maximum Gasteiger partial charge on any atom is 0.418 e. The van der Waals surface area contributed by atoms with E-state index in [1.807, 2.05) is 13.8 Å². The van der Waals surface area contributed by atoms with E-state index in [1.54, 1.807) is 0 Å². The SMILES string of the molecule is CC(C)Nc1nncc(Nc2ccccc2C(F)(F)F)n1. The third-order valence-electron chi connectivity index (χ3n) is 2.47. The molecule has 0 amide bonds. The smallest absolute Gasteiger partial charge is 0.351 e. The van der Waals surface area contributed by atoms with Crippen molar-refractivity contribution >= 4 is 17.5 Å². The third-order valence-corrected chi connectivity index (χ3v) is 2.47. The van der Waals surface area contributed by atoms with Gasteiger partial charge in [0.2, 0.25) is 5.95 Å². The molecule has 112 valence electrons. The minimum Gasteiger partial charge on any atom is -0.351 e. The Kier molecular flexibility index (Phi) is 4.25. The first-order valence-corrected chi connectivity index (χ1v) is 6.26. The number of para-hydroxylation sites is 1. The van der Waals surface area contributed by atoms with Gasteiger partial charge in [0.1, 0.15) is 0 Å². The van der Waals surface area contributed by atoms with Crippen molar-refractivity contribution in [2.75, 3.05) is 10.6 Å². The van der Waals surface area contributed by atoms with Gasteiger partial charge in [-0.3, -0.25) is 0 Å². The van der Waals surface area contributed by atoms with E-state index in [0.29, 0.717) is 0 Å². The van der Waals surface area contributed by atoms with E-state index >= 15 is 0 Å². The van der Waals surface area contributed by atoms with Crippen LogP contribution < -0.4 is 10.6 Å². The number of rotatable bonds is 4. The lowest BCUT2D eigenvalue weighted by Gasteiger charge is -2.14. The van der Waals surface area contributed by atoms with Crippen molar-refractivity contribution in [2.24, 2.45) is 0 Å². The number of hydrogen-bond donors (Lipinski definition) is 2. The summed E-state index contributed by atoms with van der Waals surface area (Å²) in [5.74, 6) is 0.435. The monoisotopic (exact) mass is 297 g/mol. The summed E-state index contributed by atoms with van der Waals surface area (Å²) < 4.78 is 38.7. The van der Waals surface area contributed by atoms with E-state index in [-0.39, 0.29) is 23.5 Å². The first-order valence-electron chi connectivity index (χ1n) is 6.26. The van der Waals surface area contributed by atoms with E-state index in [0.717, 1.165) is 6.07 Å². The summed E-state index contributed by atoms with van der Waals surface area (Å²) in [7, 11) is 0. The van der Waals surface area contributed by atoms with Gasteiger partial charge in [-0.1, -0.05) is 12.1 Å². The zero-order valence-electron chi connectivity index (χ0n) is 11.4. The van der Waals surface area contributed by atoms with E-state index in [4.69, 9.17) is 0 Å². The number of nitrogens with one attached hydrogen (secondary N) is 2. The van der Waals surface area contributed by atoms with Gasteiger partial charge in [-0.15, -0.1) is 5.10 Å². The van der Waals surface area contributed by atoms with Crippen LogP contribution in [0.3, 0.4) is 0 Å². The summed E-state index contributed by atoms with van der Waals surface area (Å²) in [5.41, 5.74) is -0.844. The number of hydrogen-bond acceptors (Lipinski definition) is 5. The van der Waals surface area contributed by atoms with Gasteiger partial charge in [0, 0.05) is 6.04 Å². The Morgan fingerprint density at radius 3 is 2.52 bits per heavy atom. The largest absolute Gasteiger partial charge is 0.418 e. The zero-order valence-corrected chi connectivity index (χ0v) is 11.4. The van der Waals surface area contributed by atoms with Crippen molar-refractivity contribution in [2.45, 2.75) is 26.1 Å².